The zero-order valence-corrected chi connectivity index (χ0v) is 10.9. The normalized spacial score (nSPS) is 26.1. The summed E-state index contributed by atoms with van der Waals surface area (Å²) in [4.78, 5) is 2.20. The van der Waals surface area contributed by atoms with Crippen LogP contribution >= 0.6 is 0 Å². The molecule has 0 aromatic rings. The molecule has 0 saturated carbocycles. The Labute approximate surface area is 102 Å². The summed E-state index contributed by atoms with van der Waals surface area (Å²) in [7, 11) is 0. The van der Waals surface area contributed by atoms with Gasteiger partial charge in [-0.2, -0.15) is 13.2 Å². The molecule has 1 heterocycles. The fourth-order valence-electron chi connectivity index (χ4n) is 2.36. The minimum atomic E-state index is -4.02. The van der Waals surface area contributed by atoms with Crippen molar-refractivity contribution < 1.29 is 13.2 Å². The summed E-state index contributed by atoms with van der Waals surface area (Å²) < 4.78 is 36.3. The van der Waals surface area contributed by atoms with E-state index in [4.69, 9.17) is 0 Å². The highest BCUT2D eigenvalue weighted by Gasteiger charge is 2.32. The Morgan fingerprint density at radius 1 is 1.35 bits per heavy atom. The second-order valence-electron chi connectivity index (χ2n) is 5.52. The van der Waals surface area contributed by atoms with E-state index in [9.17, 15) is 13.2 Å². The molecule has 0 aromatic heterocycles. The first-order valence-corrected chi connectivity index (χ1v) is 6.29. The molecule has 0 bridgehead atoms. The number of hydrogen-bond donors (Lipinski definition) is 1. The number of nitrogens with zero attached hydrogens (tertiary/aromatic N) is 1. The maximum Gasteiger partial charge on any atom is 0.389 e. The molecule has 1 aliphatic heterocycles. The molecule has 0 aliphatic carbocycles. The van der Waals surface area contributed by atoms with Crippen LogP contribution in [-0.2, 0) is 0 Å². The van der Waals surface area contributed by atoms with Crippen molar-refractivity contribution in [3.8, 4) is 0 Å². The second-order valence-corrected chi connectivity index (χ2v) is 5.52. The van der Waals surface area contributed by atoms with E-state index >= 15 is 0 Å². The van der Waals surface area contributed by atoms with E-state index in [1.165, 1.54) is 0 Å². The zero-order valence-electron chi connectivity index (χ0n) is 10.9. The van der Waals surface area contributed by atoms with Crippen LogP contribution in [0.15, 0.2) is 0 Å². The van der Waals surface area contributed by atoms with E-state index in [-0.39, 0.29) is 12.0 Å². The number of alkyl halides is 3. The summed E-state index contributed by atoms with van der Waals surface area (Å²) in [5, 5.41) is 3.43. The summed E-state index contributed by atoms with van der Waals surface area (Å²) in [5.74, 6) is 0. The Bertz CT molecular complexity index is 238. The van der Waals surface area contributed by atoms with Crippen LogP contribution in [0, 0.1) is 0 Å². The molecule has 1 aliphatic rings. The van der Waals surface area contributed by atoms with Gasteiger partial charge >= 0.3 is 6.18 Å². The van der Waals surface area contributed by atoms with E-state index in [0.29, 0.717) is 12.6 Å². The highest BCUT2D eigenvalue weighted by Crippen LogP contribution is 2.23. The molecule has 1 atom stereocenters. The average Bonchev–Trinajstić information content (AvgIpc) is 2.15. The topological polar surface area (TPSA) is 15.3 Å². The van der Waals surface area contributed by atoms with E-state index < -0.39 is 12.6 Å². The van der Waals surface area contributed by atoms with Crippen LogP contribution in [0.5, 0.6) is 0 Å². The molecule has 0 spiro atoms. The van der Waals surface area contributed by atoms with Crippen molar-refractivity contribution in [1.29, 1.82) is 0 Å². The van der Waals surface area contributed by atoms with Crippen molar-refractivity contribution in [1.82, 2.24) is 10.2 Å². The minimum Gasteiger partial charge on any atom is -0.309 e. The molecule has 1 rings (SSSR count). The minimum absolute atomic E-state index is 0.00387. The molecule has 17 heavy (non-hydrogen) atoms. The number of halogens is 3. The van der Waals surface area contributed by atoms with E-state index in [1.54, 1.807) is 0 Å². The lowest BCUT2D eigenvalue weighted by atomic mass is 9.97. The summed E-state index contributed by atoms with van der Waals surface area (Å²) >= 11 is 0. The molecule has 0 amide bonds. The van der Waals surface area contributed by atoms with Crippen LogP contribution < -0.4 is 5.32 Å². The summed E-state index contributed by atoms with van der Waals surface area (Å²) in [6, 6.07) is 0.372. The maximum atomic E-state index is 12.1. The molecule has 1 unspecified atom stereocenters. The zero-order chi connectivity index (χ0) is 13.1. The number of rotatable bonds is 4. The van der Waals surface area contributed by atoms with Crippen LogP contribution in [0.4, 0.5) is 13.2 Å². The Hall–Kier alpha value is -0.290. The lowest BCUT2D eigenvalue weighted by Crippen LogP contribution is -2.61. The molecule has 1 N–H and O–H groups in total. The van der Waals surface area contributed by atoms with Crippen molar-refractivity contribution in [2.75, 3.05) is 19.6 Å². The lowest BCUT2D eigenvalue weighted by molar-refractivity contribution is -0.136. The summed E-state index contributed by atoms with van der Waals surface area (Å²) in [5.41, 5.74) is 0.00387. The lowest BCUT2D eigenvalue weighted by Gasteiger charge is -2.44. The molecular weight excluding hydrogens is 229 g/mol. The van der Waals surface area contributed by atoms with Crippen LogP contribution in [0.3, 0.4) is 0 Å². The average molecular weight is 252 g/mol. The highest BCUT2D eigenvalue weighted by atomic mass is 19.4. The van der Waals surface area contributed by atoms with E-state index in [1.807, 2.05) is 0 Å². The van der Waals surface area contributed by atoms with Gasteiger partial charge in [0.25, 0.3) is 0 Å². The van der Waals surface area contributed by atoms with Gasteiger partial charge in [0.2, 0.25) is 0 Å². The fraction of sp³-hybridized carbons (Fsp3) is 1.00. The van der Waals surface area contributed by atoms with Gasteiger partial charge in [0.05, 0.1) is 0 Å². The Morgan fingerprint density at radius 2 is 2.00 bits per heavy atom. The highest BCUT2D eigenvalue weighted by molar-refractivity contribution is 4.91. The fourth-order valence-corrected chi connectivity index (χ4v) is 2.36. The third kappa shape index (κ3) is 5.25. The monoisotopic (exact) mass is 252 g/mol. The van der Waals surface area contributed by atoms with Crippen molar-refractivity contribution in [3.63, 3.8) is 0 Å². The van der Waals surface area contributed by atoms with Gasteiger partial charge in [-0.1, -0.05) is 6.92 Å². The van der Waals surface area contributed by atoms with Gasteiger partial charge in [-0.15, -0.1) is 0 Å². The molecule has 1 fully saturated rings. The first-order valence-electron chi connectivity index (χ1n) is 6.29. The molecule has 5 heteroatoms. The van der Waals surface area contributed by atoms with Crippen LogP contribution in [0.2, 0.25) is 0 Å². The van der Waals surface area contributed by atoms with Crippen LogP contribution in [-0.4, -0.2) is 42.3 Å². The van der Waals surface area contributed by atoms with Crippen molar-refractivity contribution in [2.45, 2.75) is 57.8 Å². The Balaban J connectivity index is 2.42. The van der Waals surface area contributed by atoms with Crippen molar-refractivity contribution >= 4 is 0 Å². The van der Waals surface area contributed by atoms with Gasteiger partial charge in [-0.05, 0) is 33.2 Å². The number of piperazine rings is 1. The van der Waals surface area contributed by atoms with Crippen LogP contribution in [0.1, 0.15) is 40.0 Å². The summed E-state index contributed by atoms with van der Waals surface area (Å²) in [6.45, 7) is 8.51. The SMILES string of the molecule is CCC1CNC(C)(C)CN1CCCC(F)(F)F. The molecule has 1 saturated heterocycles. The van der Waals surface area contributed by atoms with Crippen molar-refractivity contribution in [3.05, 3.63) is 0 Å². The number of nitrogens with one attached hydrogen (secondary N) is 1. The first-order chi connectivity index (χ1) is 7.73. The molecule has 0 radical (unpaired) electrons. The van der Waals surface area contributed by atoms with Gasteiger partial charge in [0.15, 0.2) is 0 Å². The molecular formula is C12H23F3N2. The second kappa shape index (κ2) is 5.57. The Kier molecular flexibility index (Phi) is 4.84. The van der Waals surface area contributed by atoms with E-state index in [2.05, 4.69) is 31.0 Å². The summed E-state index contributed by atoms with van der Waals surface area (Å²) in [6.07, 6.45) is -3.51. The van der Waals surface area contributed by atoms with Crippen molar-refractivity contribution in [2.24, 2.45) is 0 Å². The van der Waals surface area contributed by atoms with Gasteiger partial charge in [-0.25, -0.2) is 0 Å². The predicted molar refractivity (Wildman–Crippen MR) is 63.0 cm³/mol. The third-order valence-corrected chi connectivity index (χ3v) is 3.31. The smallest absolute Gasteiger partial charge is 0.309 e. The largest absolute Gasteiger partial charge is 0.389 e. The quantitative estimate of drug-likeness (QED) is 0.827. The third-order valence-electron chi connectivity index (χ3n) is 3.31. The Morgan fingerprint density at radius 3 is 2.53 bits per heavy atom. The maximum absolute atomic E-state index is 12.1. The standard InChI is InChI=1S/C12H23F3N2/c1-4-10-8-16-11(2,3)9-17(10)7-5-6-12(13,14)15/h10,16H,4-9H2,1-3H3. The van der Waals surface area contributed by atoms with Crippen LogP contribution in [0.25, 0.3) is 0 Å². The molecule has 0 aromatic carbocycles. The molecule has 2 nitrogen and oxygen atoms in total. The first kappa shape index (κ1) is 14.8. The van der Waals surface area contributed by atoms with E-state index in [0.717, 1.165) is 19.5 Å². The van der Waals surface area contributed by atoms with Gasteiger partial charge in [0, 0.05) is 31.1 Å². The van der Waals surface area contributed by atoms with Gasteiger partial charge in [-0.3, -0.25) is 4.90 Å². The number of hydrogen-bond acceptors (Lipinski definition) is 2. The molecule has 102 valence electrons. The predicted octanol–water partition coefficient (Wildman–Crippen LogP) is 2.79. The van der Waals surface area contributed by atoms with Gasteiger partial charge in [0.1, 0.15) is 0 Å². The van der Waals surface area contributed by atoms with Gasteiger partial charge < -0.3 is 5.32 Å².